The van der Waals surface area contributed by atoms with Crippen LogP contribution in [0.5, 0.6) is 0 Å². The Labute approximate surface area is 549 Å². The molecule has 0 bridgehead atoms. The van der Waals surface area contributed by atoms with Crippen molar-refractivity contribution in [1.29, 1.82) is 0 Å². The Morgan fingerprint density at radius 2 is 0.660 bits per heavy atom. The number of allylic oxidation sites excluding steroid dienone is 5. The van der Waals surface area contributed by atoms with Crippen molar-refractivity contribution in [2.45, 2.75) is 50.4 Å². The minimum Gasteiger partial charge on any atom is -0.309 e. The number of aromatic nitrogens is 2. The molecule has 13 aromatic carbocycles. The van der Waals surface area contributed by atoms with E-state index in [-0.39, 0.29) is 10.8 Å². The fourth-order valence-corrected chi connectivity index (χ4v) is 17.2. The van der Waals surface area contributed by atoms with Gasteiger partial charge in [-0.25, -0.2) is 0 Å². The second-order valence-electron chi connectivity index (χ2n) is 27.7. The van der Waals surface area contributed by atoms with E-state index in [2.05, 4.69) is 347 Å². The molecule has 2 nitrogen and oxygen atoms in total. The molecular formula is C92H66N2. The molecule has 0 saturated heterocycles. The van der Waals surface area contributed by atoms with Crippen LogP contribution < -0.4 is 0 Å². The second kappa shape index (κ2) is 20.1. The monoisotopic (exact) mass is 1200 g/mol. The Bertz CT molecular complexity index is 5780. The Hall–Kier alpha value is -11.3. The molecule has 0 amide bonds. The molecule has 2 aromatic heterocycles. The molecule has 2 heterocycles. The first-order chi connectivity index (χ1) is 46.0. The number of benzene rings is 13. The fourth-order valence-electron chi connectivity index (χ4n) is 17.2. The molecule has 0 N–H and O–H groups in total. The van der Waals surface area contributed by atoms with Crippen LogP contribution in [0.2, 0.25) is 0 Å². The molecule has 0 unspecified atom stereocenters. The van der Waals surface area contributed by atoms with Crippen LogP contribution in [0.4, 0.5) is 0 Å². The Kier molecular flexibility index (Phi) is 11.6. The van der Waals surface area contributed by atoms with Gasteiger partial charge in [0.05, 0.1) is 27.5 Å². The summed E-state index contributed by atoms with van der Waals surface area (Å²) in [4.78, 5) is 0. The topological polar surface area (TPSA) is 9.86 Å². The smallest absolute Gasteiger partial charge is 0.0725 e. The zero-order chi connectivity index (χ0) is 62.8. The van der Waals surface area contributed by atoms with Gasteiger partial charge in [-0.1, -0.05) is 265 Å². The molecule has 4 aliphatic carbocycles. The highest BCUT2D eigenvalue weighted by atomic mass is 15.0. The van der Waals surface area contributed by atoms with Crippen molar-refractivity contribution in [3.8, 4) is 89.3 Å². The summed E-state index contributed by atoms with van der Waals surface area (Å²) in [6.07, 6.45) is 9.62. The van der Waals surface area contributed by atoms with Crippen molar-refractivity contribution in [3.05, 3.63) is 354 Å². The third-order valence-electron chi connectivity index (χ3n) is 21.9. The largest absolute Gasteiger partial charge is 0.309 e. The average Bonchev–Trinajstić information content (AvgIpc) is 1.51. The Morgan fingerprint density at radius 1 is 0.287 bits per heavy atom. The first-order valence-electron chi connectivity index (χ1n) is 33.2. The molecule has 2 heteroatoms. The van der Waals surface area contributed by atoms with Crippen LogP contribution in [0.3, 0.4) is 0 Å². The Balaban J connectivity index is 0.663. The lowest BCUT2D eigenvalue weighted by Gasteiger charge is -2.31. The van der Waals surface area contributed by atoms with Crippen LogP contribution >= 0.6 is 0 Å². The van der Waals surface area contributed by atoms with Gasteiger partial charge >= 0.3 is 0 Å². The van der Waals surface area contributed by atoms with Crippen molar-refractivity contribution in [3.63, 3.8) is 0 Å². The van der Waals surface area contributed by atoms with Crippen molar-refractivity contribution in [2.75, 3.05) is 0 Å². The van der Waals surface area contributed by atoms with E-state index in [9.17, 15) is 0 Å². The highest BCUT2D eigenvalue weighted by molar-refractivity contribution is 6.12. The molecule has 0 saturated carbocycles. The van der Waals surface area contributed by atoms with Crippen molar-refractivity contribution in [2.24, 2.45) is 0 Å². The molecular weight excluding hydrogens is 1130 g/mol. The van der Waals surface area contributed by atoms with E-state index < -0.39 is 5.41 Å². The van der Waals surface area contributed by atoms with Gasteiger partial charge in [-0.2, -0.15) is 0 Å². The normalized spacial score (nSPS) is 15.6. The summed E-state index contributed by atoms with van der Waals surface area (Å²) in [7, 11) is 0. The summed E-state index contributed by atoms with van der Waals surface area (Å²) >= 11 is 0. The molecule has 0 aliphatic heterocycles. The van der Waals surface area contributed by atoms with Gasteiger partial charge in [0, 0.05) is 38.3 Å². The minimum absolute atomic E-state index is 0.0722. The Morgan fingerprint density at radius 3 is 1.18 bits per heavy atom. The van der Waals surface area contributed by atoms with Crippen LogP contribution in [-0.4, -0.2) is 9.13 Å². The van der Waals surface area contributed by atoms with E-state index in [0.29, 0.717) is 0 Å². The molecule has 444 valence electrons. The summed E-state index contributed by atoms with van der Waals surface area (Å²) in [6, 6.07) is 106. The first-order valence-corrected chi connectivity index (χ1v) is 33.2. The van der Waals surface area contributed by atoms with Gasteiger partial charge < -0.3 is 9.13 Å². The lowest BCUT2D eigenvalue weighted by Crippen LogP contribution is -2.26. The van der Waals surface area contributed by atoms with Crippen molar-refractivity contribution in [1.82, 2.24) is 9.13 Å². The number of fused-ring (bicyclic) bond motifs is 20. The van der Waals surface area contributed by atoms with Crippen LogP contribution in [0.15, 0.2) is 310 Å². The minimum atomic E-state index is -0.509. The summed E-state index contributed by atoms with van der Waals surface area (Å²) in [5.74, 6) is 0. The van der Waals surface area contributed by atoms with Gasteiger partial charge in [-0.3, -0.25) is 0 Å². The molecule has 19 rings (SSSR count). The van der Waals surface area contributed by atoms with E-state index in [1.807, 2.05) is 0 Å². The lowest BCUT2D eigenvalue weighted by molar-refractivity contribution is 0.533. The standard InChI is InChI=1S/C92H66N2/c1-57-19-7-6-18-50-90(2,3)82-55-66(42-46-68(57)82)93-86-28-16-11-23-75(86)77-51-62(40-48-88(77)93)58-30-34-60(35-31-58)64-38-44-73-74-45-39-65(54-85(74)92(84(73)53-64)80-26-14-9-21-70(80)71-22-10-15-27-81(71)92)61-36-32-59(33-37-61)63-41-49-89-78(52-63)76-24-12-17-29-87(76)94(89)67-43-47-72-69-20-8-13-25-79(69)91(4,5)83(72)56-67/h6-49,51-56H,1,50H2,2-5H3/b18-6-,19-7-. The van der Waals surface area contributed by atoms with E-state index in [1.165, 1.54) is 177 Å². The van der Waals surface area contributed by atoms with Gasteiger partial charge in [-0.15, -0.1) is 0 Å². The summed E-state index contributed by atoms with van der Waals surface area (Å²) < 4.78 is 4.91. The zero-order valence-corrected chi connectivity index (χ0v) is 53.2. The van der Waals surface area contributed by atoms with Crippen LogP contribution in [0.25, 0.3) is 138 Å². The molecule has 4 aliphatic rings. The van der Waals surface area contributed by atoms with E-state index >= 15 is 0 Å². The van der Waals surface area contributed by atoms with Crippen LogP contribution in [-0.2, 0) is 16.2 Å². The van der Waals surface area contributed by atoms with Crippen LogP contribution in [0.1, 0.15) is 78.6 Å². The molecule has 15 aromatic rings. The maximum absolute atomic E-state index is 4.48. The van der Waals surface area contributed by atoms with Gasteiger partial charge in [0.15, 0.2) is 0 Å². The maximum Gasteiger partial charge on any atom is 0.0725 e. The number of hydrogen-bond donors (Lipinski definition) is 0. The number of nitrogens with zero attached hydrogens (tertiary/aromatic N) is 2. The molecule has 0 fully saturated rings. The van der Waals surface area contributed by atoms with Crippen LogP contribution in [0, 0.1) is 0 Å². The summed E-state index contributed by atoms with van der Waals surface area (Å²) in [6.45, 7) is 13.9. The van der Waals surface area contributed by atoms with Gasteiger partial charge in [-0.05, 0) is 213 Å². The second-order valence-corrected chi connectivity index (χ2v) is 27.7. The fraction of sp³-hybridized carbons (Fsp3) is 0.0870. The van der Waals surface area contributed by atoms with Crippen molar-refractivity contribution < 1.29 is 0 Å². The zero-order valence-electron chi connectivity index (χ0n) is 53.2. The summed E-state index contributed by atoms with van der Waals surface area (Å²) in [5.41, 5.74) is 35.7. The predicted molar refractivity (Wildman–Crippen MR) is 396 cm³/mol. The van der Waals surface area contributed by atoms with Crippen molar-refractivity contribution >= 4 is 49.2 Å². The number of para-hydroxylation sites is 2. The number of rotatable bonds is 6. The van der Waals surface area contributed by atoms with E-state index in [0.717, 1.165) is 12.0 Å². The SMILES string of the molecule is C=C1/C=C\C=C/CC(C)(C)c2cc(-n3c4ccccc4c4cc(-c5ccc(-c6ccc7c(c6)C6(c8ccccc8-c8ccccc86)c6cc(-c8ccc(-c9ccc%10c(c9)c9ccccc9n%10-c9ccc%10c(c9)C(C)(C)c9ccccc9-%10)cc8)ccc6-7)cc5)ccc43)ccc21. The van der Waals surface area contributed by atoms with E-state index in [4.69, 9.17) is 0 Å². The maximum atomic E-state index is 4.48. The predicted octanol–water partition coefficient (Wildman–Crippen LogP) is 24.0. The molecule has 0 atom stereocenters. The third-order valence-corrected chi connectivity index (χ3v) is 21.9. The molecule has 0 radical (unpaired) electrons. The average molecular weight is 1200 g/mol. The van der Waals surface area contributed by atoms with Gasteiger partial charge in [0.25, 0.3) is 0 Å². The highest BCUT2D eigenvalue weighted by Gasteiger charge is 2.52. The quantitative estimate of drug-likeness (QED) is 0.157. The lowest BCUT2D eigenvalue weighted by atomic mass is 9.70. The van der Waals surface area contributed by atoms with E-state index in [1.54, 1.807) is 0 Å². The summed E-state index contributed by atoms with van der Waals surface area (Å²) in [5, 5.41) is 5.00. The highest BCUT2D eigenvalue weighted by Crippen LogP contribution is 2.64. The molecule has 94 heavy (non-hydrogen) atoms. The van der Waals surface area contributed by atoms with Gasteiger partial charge in [0.2, 0.25) is 0 Å². The first kappa shape index (κ1) is 54.4. The van der Waals surface area contributed by atoms with Gasteiger partial charge in [0.1, 0.15) is 0 Å². The number of hydrogen-bond acceptors (Lipinski definition) is 0. The third kappa shape index (κ3) is 7.77. The molecule has 1 spiro atoms.